The van der Waals surface area contributed by atoms with Crippen molar-refractivity contribution >= 4 is 17.3 Å². The van der Waals surface area contributed by atoms with Gasteiger partial charge < -0.3 is 4.90 Å². The summed E-state index contributed by atoms with van der Waals surface area (Å²) >= 11 is 5.81. The fourth-order valence-corrected chi connectivity index (χ4v) is 2.31. The summed E-state index contributed by atoms with van der Waals surface area (Å²) in [4.78, 5) is 2.41. The number of para-hydroxylation sites is 1. The first-order valence-corrected chi connectivity index (χ1v) is 5.84. The minimum Gasteiger partial charge on any atom is -0.370 e. The summed E-state index contributed by atoms with van der Waals surface area (Å²) in [6, 6.07) is 8.70. The van der Waals surface area contributed by atoms with E-state index in [0.29, 0.717) is 5.88 Å². The third-order valence-electron chi connectivity index (χ3n) is 2.81. The number of rotatable bonds is 2. The molecule has 76 valence electrons. The van der Waals surface area contributed by atoms with Crippen molar-refractivity contribution in [2.24, 2.45) is 0 Å². The van der Waals surface area contributed by atoms with Crippen LogP contribution in [0.25, 0.3) is 0 Å². The van der Waals surface area contributed by atoms with E-state index in [2.05, 4.69) is 29.2 Å². The lowest BCUT2D eigenvalue weighted by Crippen LogP contribution is -2.26. The van der Waals surface area contributed by atoms with E-state index < -0.39 is 0 Å². The molecule has 1 nitrogen and oxygen atoms in total. The van der Waals surface area contributed by atoms with Gasteiger partial charge in [-0.2, -0.15) is 0 Å². The first kappa shape index (κ1) is 9.85. The molecule has 0 radical (unpaired) electrons. The first-order valence-electron chi connectivity index (χ1n) is 5.30. The molecule has 1 heterocycles. The van der Waals surface area contributed by atoms with Crippen molar-refractivity contribution in [3.63, 3.8) is 0 Å². The van der Waals surface area contributed by atoms with Crippen molar-refractivity contribution in [2.45, 2.75) is 19.3 Å². The van der Waals surface area contributed by atoms with Crippen LogP contribution in [0.4, 0.5) is 5.69 Å². The van der Waals surface area contributed by atoms with Crippen LogP contribution in [0.3, 0.4) is 0 Å². The topological polar surface area (TPSA) is 3.24 Å². The number of halogens is 1. The van der Waals surface area contributed by atoms with Crippen molar-refractivity contribution in [2.75, 3.05) is 23.9 Å². The van der Waals surface area contributed by atoms with Gasteiger partial charge in [0.05, 0.1) is 0 Å². The van der Waals surface area contributed by atoms with Crippen LogP contribution in [-0.2, 0) is 6.42 Å². The standard InChI is InChI=1S/C12H16ClN/c13-8-10-14-9-4-3-6-11-5-1-2-7-12(11)14/h1-2,5,7H,3-4,6,8-10H2. The third kappa shape index (κ3) is 2.03. The van der Waals surface area contributed by atoms with Crippen LogP contribution in [-0.4, -0.2) is 19.0 Å². The molecule has 0 atom stereocenters. The molecule has 0 aliphatic carbocycles. The van der Waals surface area contributed by atoms with Crippen LogP contribution in [0.15, 0.2) is 24.3 Å². The first-order chi connectivity index (χ1) is 6.92. The Hall–Kier alpha value is -0.690. The van der Waals surface area contributed by atoms with E-state index in [1.165, 1.54) is 30.5 Å². The molecular formula is C12H16ClN. The highest BCUT2D eigenvalue weighted by Crippen LogP contribution is 2.25. The summed E-state index contributed by atoms with van der Waals surface area (Å²) in [5.41, 5.74) is 2.88. The summed E-state index contributed by atoms with van der Waals surface area (Å²) in [5, 5.41) is 0. The van der Waals surface area contributed by atoms with E-state index in [-0.39, 0.29) is 0 Å². The van der Waals surface area contributed by atoms with Crippen molar-refractivity contribution in [1.29, 1.82) is 0 Å². The highest BCUT2D eigenvalue weighted by molar-refractivity contribution is 6.18. The number of nitrogens with zero attached hydrogens (tertiary/aromatic N) is 1. The van der Waals surface area contributed by atoms with E-state index in [1.54, 1.807) is 0 Å². The molecule has 2 heteroatoms. The quantitative estimate of drug-likeness (QED) is 0.677. The summed E-state index contributed by atoms with van der Waals surface area (Å²) in [6.07, 6.45) is 3.80. The normalized spacial score (nSPS) is 16.2. The Morgan fingerprint density at radius 2 is 2.07 bits per heavy atom. The van der Waals surface area contributed by atoms with Gasteiger partial charge in [0, 0.05) is 24.7 Å². The van der Waals surface area contributed by atoms with Gasteiger partial charge in [0.1, 0.15) is 0 Å². The minimum absolute atomic E-state index is 0.717. The van der Waals surface area contributed by atoms with Crippen molar-refractivity contribution in [3.8, 4) is 0 Å². The molecule has 2 rings (SSSR count). The molecule has 0 amide bonds. The minimum atomic E-state index is 0.717. The number of hydrogen-bond donors (Lipinski definition) is 0. The monoisotopic (exact) mass is 209 g/mol. The second kappa shape index (κ2) is 4.70. The van der Waals surface area contributed by atoms with Gasteiger partial charge in [-0.15, -0.1) is 11.6 Å². The molecule has 0 bridgehead atoms. The van der Waals surface area contributed by atoms with Gasteiger partial charge in [0.15, 0.2) is 0 Å². The highest BCUT2D eigenvalue weighted by atomic mass is 35.5. The maximum absolute atomic E-state index is 5.81. The maximum atomic E-state index is 5.81. The molecule has 0 fully saturated rings. The largest absolute Gasteiger partial charge is 0.370 e. The Morgan fingerprint density at radius 1 is 1.21 bits per heavy atom. The van der Waals surface area contributed by atoms with Crippen LogP contribution in [0.1, 0.15) is 18.4 Å². The van der Waals surface area contributed by atoms with Gasteiger partial charge in [0.2, 0.25) is 0 Å². The fraction of sp³-hybridized carbons (Fsp3) is 0.500. The smallest absolute Gasteiger partial charge is 0.0399 e. The van der Waals surface area contributed by atoms with E-state index in [9.17, 15) is 0 Å². The molecule has 1 aromatic carbocycles. The summed E-state index contributed by atoms with van der Waals surface area (Å²) in [6.45, 7) is 2.13. The van der Waals surface area contributed by atoms with Crippen LogP contribution in [0.2, 0.25) is 0 Å². The van der Waals surface area contributed by atoms with Gasteiger partial charge in [-0.1, -0.05) is 18.2 Å². The van der Waals surface area contributed by atoms with Crippen molar-refractivity contribution < 1.29 is 0 Å². The predicted octanol–water partition coefficient (Wildman–Crippen LogP) is 3.07. The molecule has 1 aliphatic rings. The molecule has 0 spiro atoms. The second-order valence-electron chi connectivity index (χ2n) is 3.76. The zero-order valence-corrected chi connectivity index (χ0v) is 9.13. The van der Waals surface area contributed by atoms with Gasteiger partial charge in [0.25, 0.3) is 0 Å². The SMILES string of the molecule is ClCCN1CCCCc2ccccc21. The lowest BCUT2D eigenvalue weighted by atomic mass is 10.1. The molecule has 0 saturated carbocycles. The molecule has 1 aliphatic heterocycles. The number of hydrogen-bond acceptors (Lipinski definition) is 1. The van der Waals surface area contributed by atoms with E-state index in [1.807, 2.05) is 0 Å². The van der Waals surface area contributed by atoms with Crippen molar-refractivity contribution in [1.82, 2.24) is 0 Å². The lowest BCUT2D eigenvalue weighted by Gasteiger charge is -2.23. The van der Waals surface area contributed by atoms with Gasteiger partial charge >= 0.3 is 0 Å². The van der Waals surface area contributed by atoms with Crippen LogP contribution >= 0.6 is 11.6 Å². The molecule has 14 heavy (non-hydrogen) atoms. The number of anilines is 1. The van der Waals surface area contributed by atoms with Gasteiger partial charge in [-0.05, 0) is 30.9 Å². The summed E-state index contributed by atoms with van der Waals surface area (Å²) < 4.78 is 0. The maximum Gasteiger partial charge on any atom is 0.0399 e. The van der Waals surface area contributed by atoms with Gasteiger partial charge in [-0.3, -0.25) is 0 Å². The molecule has 0 unspecified atom stereocenters. The second-order valence-corrected chi connectivity index (χ2v) is 4.14. The average Bonchev–Trinajstić information content (AvgIpc) is 2.42. The molecule has 0 saturated heterocycles. The molecular weight excluding hydrogens is 194 g/mol. The lowest BCUT2D eigenvalue weighted by molar-refractivity contribution is 0.728. The van der Waals surface area contributed by atoms with E-state index in [0.717, 1.165) is 13.1 Å². The average molecular weight is 210 g/mol. The Bertz CT molecular complexity index is 298. The Balaban J connectivity index is 2.27. The Labute approximate surface area is 90.7 Å². The number of alkyl halides is 1. The van der Waals surface area contributed by atoms with Crippen LogP contribution in [0, 0.1) is 0 Å². The van der Waals surface area contributed by atoms with E-state index in [4.69, 9.17) is 11.6 Å². The number of benzene rings is 1. The predicted molar refractivity (Wildman–Crippen MR) is 62.3 cm³/mol. The summed E-state index contributed by atoms with van der Waals surface area (Å²) in [7, 11) is 0. The zero-order chi connectivity index (χ0) is 9.80. The van der Waals surface area contributed by atoms with Gasteiger partial charge in [-0.25, -0.2) is 0 Å². The molecule has 0 N–H and O–H groups in total. The highest BCUT2D eigenvalue weighted by Gasteiger charge is 2.13. The van der Waals surface area contributed by atoms with Crippen LogP contribution in [0.5, 0.6) is 0 Å². The zero-order valence-electron chi connectivity index (χ0n) is 8.38. The molecule has 1 aromatic rings. The fourth-order valence-electron chi connectivity index (χ4n) is 2.10. The number of aryl methyl sites for hydroxylation is 1. The van der Waals surface area contributed by atoms with E-state index >= 15 is 0 Å². The summed E-state index contributed by atoms with van der Waals surface area (Å²) in [5.74, 6) is 0.717. The number of fused-ring (bicyclic) bond motifs is 1. The molecule has 0 aromatic heterocycles. The van der Waals surface area contributed by atoms with Crippen LogP contribution < -0.4 is 4.90 Å². The third-order valence-corrected chi connectivity index (χ3v) is 2.98. The Kier molecular flexibility index (Phi) is 3.30. The van der Waals surface area contributed by atoms with Crippen molar-refractivity contribution in [3.05, 3.63) is 29.8 Å². The Morgan fingerprint density at radius 3 is 2.93 bits per heavy atom.